The minimum absolute atomic E-state index is 0.119. The summed E-state index contributed by atoms with van der Waals surface area (Å²) in [6.45, 7) is 4.17. The number of para-hydroxylation sites is 1. The quantitative estimate of drug-likeness (QED) is 0.692. The number of primary amides is 1. The monoisotopic (exact) mass is 249 g/mol. The van der Waals surface area contributed by atoms with Gasteiger partial charge in [0, 0.05) is 11.7 Å². The normalized spacial score (nSPS) is 10.4. The zero-order valence-electron chi connectivity index (χ0n) is 10.7. The van der Waals surface area contributed by atoms with Crippen LogP contribution in [-0.4, -0.2) is 24.4 Å². The summed E-state index contributed by atoms with van der Waals surface area (Å²) < 4.78 is 0. The topological polar surface area (TPSA) is 84.2 Å². The van der Waals surface area contributed by atoms with Crippen LogP contribution >= 0.6 is 0 Å². The van der Waals surface area contributed by atoms with Crippen molar-refractivity contribution in [2.75, 3.05) is 11.9 Å². The van der Waals surface area contributed by atoms with Gasteiger partial charge in [0.25, 0.3) is 0 Å². The molecule has 4 N–H and O–H groups in total. The van der Waals surface area contributed by atoms with E-state index in [1.165, 1.54) is 0 Å². The highest BCUT2D eigenvalue weighted by Crippen LogP contribution is 2.15. The van der Waals surface area contributed by atoms with Gasteiger partial charge < -0.3 is 16.4 Å². The van der Waals surface area contributed by atoms with Gasteiger partial charge in [-0.3, -0.25) is 9.59 Å². The van der Waals surface area contributed by atoms with E-state index in [1.807, 2.05) is 13.8 Å². The number of nitrogens with two attached hydrogens (primary N) is 1. The Morgan fingerprint density at radius 3 is 2.56 bits per heavy atom. The molecule has 98 valence electrons. The van der Waals surface area contributed by atoms with Gasteiger partial charge >= 0.3 is 0 Å². The number of hydrogen-bond acceptors (Lipinski definition) is 3. The lowest BCUT2D eigenvalue weighted by Crippen LogP contribution is -2.32. The first kappa shape index (κ1) is 14.2. The summed E-state index contributed by atoms with van der Waals surface area (Å²) >= 11 is 0. The van der Waals surface area contributed by atoms with Crippen molar-refractivity contribution in [2.45, 2.75) is 26.3 Å². The van der Waals surface area contributed by atoms with Crippen LogP contribution in [0.4, 0.5) is 5.69 Å². The van der Waals surface area contributed by atoms with Crippen molar-refractivity contribution >= 4 is 17.5 Å². The molecule has 5 nitrogen and oxygen atoms in total. The molecule has 18 heavy (non-hydrogen) atoms. The number of rotatable bonds is 6. The van der Waals surface area contributed by atoms with E-state index in [1.54, 1.807) is 24.3 Å². The number of hydrogen-bond donors (Lipinski definition) is 3. The van der Waals surface area contributed by atoms with E-state index in [9.17, 15) is 9.59 Å². The molecule has 0 aromatic heterocycles. The van der Waals surface area contributed by atoms with Gasteiger partial charge in [0.05, 0.1) is 13.0 Å². The average molecular weight is 249 g/mol. The Morgan fingerprint density at radius 2 is 1.94 bits per heavy atom. The lowest BCUT2D eigenvalue weighted by atomic mass is 10.1. The minimum atomic E-state index is -0.419. The van der Waals surface area contributed by atoms with E-state index < -0.39 is 5.91 Å². The molecule has 0 atom stereocenters. The molecule has 1 aromatic carbocycles. The molecule has 0 unspecified atom stereocenters. The molecular weight excluding hydrogens is 230 g/mol. The fourth-order valence-corrected chi connectivity index (χ4v) is 1.48. The lowest BCUT2D eigenvalue weighted by molar-refractivity contribution is -0.117. The largest absolute Gasteiger partial charge is 0.369 e. The highest BCUT2D eigenvalue weighted by atomic mass is 16.2. The van der Waals surface area contributed by atoms with Crippen molar-refractivity contribution in [2.24, 2.45) is 5.73 Å². The maximum atomic E-state index is 11.7. The first-order chi connectivity index (χ1) is 8.49. The molecule has 0 saturated heterocycles. The highest BCUT2D eigenvalue weighted by molar-refractivity contribution is 5.93. The Bertz CT molecular complexity index is 430. The molecule has 0 spiro atoms. The van der Waals surface area contributed by atoms with Crippen molar-refractivity contribution in [3.63, 3.8) is 0 Å². The number of benzene rings is 1. The highest BCUT2D eigenvalue weighted by Gasteiger charge is 2.08. The van der Waals surface area contributed by atoms with Crippen molar-refractivity contribution in [1.29, 1.82) is 0 Å². The van der Waals surface area contributed by atoms with Gasteiger partial charge in [-0.15, -0.1) is 0 Å². The Kier molecular flexibility index (Phi) is 5.32. The Morgan fingerprint density at radius 1 is 1.28 bits per heavy atom. The third-order valence-corrected chi connectivity index (χ3v) is 2.33. The fourth-order valence-electron chi connectivity index (χ4n) is 1.48. The number of carbonyl (C=O) groups is 2. The fraction of sp³-hybridized carbons (Fsp3) is 0.385. The molecule has 1 rings (SSSR count). The summed E-state index contributed by atoms with van der Waals surface area (Å²) in [5.41, 5.74) is 6.51. The van der Waals surface area contributed by atoms with Crippen LogP contribution in [0, 0.1) is 0 Å². The van der Waals surface area contributed by atoms with Crippen LogP contribution in [0.5, 0.6) is 0 Å². The van der Waals surface area contributed by atoms with E-state index in [4.69, 9.17) is 5.73 Å². The Hall–Kier alpha value is -1.88. The molecule has 5 heteroatoms. The second kappa shape index (κ2) is 6.76. The minimum Gasteiger partial charge on any atom is -0.369 e. The number of amides is 2. The Labute approximate surface area is 107 Å². The van der Waals surface area contributed by atoms with E-state index >= 15 is 0 Å². The van der Waals surface area contributed by atoms with E-state index in [0.29, 0.717) is 5.69 Å². The molecule has 2 amide bonds. The van der Waals surface area contributed by atoms with Gasteiger partial charge in [0.1, 0.15) is 0 Å². The van der Waals surface area contributed by atoms with Gasteiger partial charge in [0.15, 0.2) is 0 Å². The van der Waals surface area contributed by atoms with Crippen molar-refractivity contribution < 1.29 is 9.59 Å². The van der Waals surface area contributed by atoms with Gasteiger partial charge in [0.2, 0.25) is 11.8 Å². The van der Waals surface area contributed by atoms with E-state index in [2.05, 4.69) is 10.6 Å². The van der Waals surface area contributed by atoms with Crippen LogP contribution in [0.3, 0.4) is 0 Å². The number of nitrogens with one attached hydrogen (secondary N) is 2. The summed E-state index contributed by atoms with van der Waals surface area (Å²) in [7, 11) is 0. The second-order valence-electron chi connectivity index (χ2n) is 4.38. The molecule has 0 bridgehead atoms. The van der Waals surface area contributed by atoms with Crippen LogP contribution in [0.1, 0.15) is 19.4 Å². The standard InChI is InChI=1S/C13H19N3O2/c1-9(2)15-8-13(18)16-11-6-4-3-5-10(11)7-12(14)17/h3-6,9,15H,7-8H2,1-2H3,(H2,14,17)(H,16,18). The van der Waals surface area contributed by atoms with Crippen molar-refractivity contribution in [1.82, 2.24) is 5.32 Å². The molecule has 0 aliphatic carbocycles. The van der Waals surface area contributed by atoms with Gasteiger partial charge in [-0.05, 0) is 11.6 Å². The lowest BCUT2D eigenvalue weighted by Gasteiger charge is -2.11. The average Bonchev–Trinajstić information content (AvgIpc) is 2.28. The third-order valence-electron chi connectivity index (χ3n) is 2.33. The van der Waals surface area contributed by atoms with Crippen molar-refractivity contribution in [3.05, 3.63) is 29.8 Å². The summed E-state index contributed by atoms with van der Waals surface area (Å²) in [6.07, 6.45) is 0.119. The molecule has 1 aromatic rings. The SMILES string of the molecule is CC(C)NCC(=O)Nc1ccccc1CC(N)=O. The van der Waals surface area contributed by atoms with Crippen LogP contribution in [-0.2, 0) is 16.0 Å². The van der Waals surface area contributed by atoms with Gasteiger partial charge in [-0.2, -0.15) is 0 Å². The Balaban J connectivity index is 2.65. The zero-order valence-corrected chi connectivity index (χ0v) is 10.7. The third kappa shape index (κ3) is 4.97. The molecule has 0 heterocycles. The van der Waals surface area contributed by atoms with Gasteiger partial charge in [-0.1, -0.05) is 32.0 Å². The smallest absolute Gasteiger partial charge is 0.238 e. The van der Waals surface area contributed by atoms with Crippen LogP contribution < -0.4 is 16.4 Å². The first-order valence-corrected chi connectivity index (χ1v) is 5.88. The summed E-state index contributed by atoms with van der Waals surface area (Å²) in [4.78, 5) is 22.6. The summed E-state index contributed by atoms with van der Waals surface area (Å²) in [5, 5.41) is 5.78. The van der Waals surface area contributed by atoms with Gasteiger partial charge in [-0.25, -0.2) is 0 Å². The second-order valence-corrected chi connectivity index (χ2v) is 4.38. The molecule has 0 aliphatic rings. The summed E-state index contributed by atoms with van der Waals surface area (Å²) in [5.74, 6) is -0.558. The molecule has 0 aliphatic heterocycles. The maximum absolute atomic E-state index is 11.7. The zero-order chi connectivity index (χ0) is 13.5. The molecule has 0 saturated carbocycles. The maximum Gasteiger partial charge on any atom is 0.238 e. The van der Waals surface area contributed by atoms with Crippen LogP contribution in [0.15, 0.2) is 24.3 Å². The predicted molar refractivity (Wildman–Crippen MR) is 71.1 cm³/mol. The summed E-state index contributed by atoms with van der Waals surface area (Å²) in [6, 6.07) is 7.38. The van der Waals surface area contributed by atoms with E-state index in [0.717, 1.165) is 5.56 Å². The first-order valence-electron chi connectivity index (χ1n) is 5.88. The molecule has 0 fully saturated rings. The predicted octanol–water partition coefficient (Wildman–Crippen LogP) is 0.651. The van der Waals surface area contributed by atoms with Crippen LogP contribution in [0.25, 0.3) is 0 Å². The number of anilines is 1. The van der Waals surface area contributed by atoms with E-state index in [-0.39, 0.29) is 24.9 Å². The number of carbonyl (C=O) groups excluding carboxylic acids is 2. The molecule has 0 radical (unpaired) electrons. The molecular formula is C13H19N3O2. The van der Waals surface area contributed by atoms with Crippen LogP contribution in [0.2, 0.25) is 0 Å². The van der Waals surface area contributed by atoms with Crippen molar-refractivity contribution in [3.8, 4) is 0 Å².